The van der Waals surface area contributed by atoms with E-state index in [2.05, 4.69) is 44.5 Å². The molecule has 8 heteroatoms. The van der Waals surface area contributed by atoms with Crippen LogP contribution in [0.15, 0.2) is 48.5 Å². The zero-order valence-corrected chi connectivity index (χ0v) is 19.9. The Hall–Kier alpha value is -2.48. The average Bonchev–Trinajstić information content (AvgIpc) is 3.05. The van der Waals surface area contributed by atoms with E-state index in [9.17, 15) is 4.39 Å². The Morgan fingerprint density at radius 2 is 1.75 bits per heavy atom. The Kier molecular flexibility index (Phi) is 7.08. The van der Waals surface area contributed by atoms with Gasteiger partial charge in [0.05, 0.1) is 23.6 Å². The quantitative estimate of drug-likeness (QED) is 0.538. The summed E-state index contributed by atoms with van der Waals surface area (Å²) in [5.74, 6) is -0.330. The van der Waals surface area contributed by atoms with E-state index in [-0.39, 0.29) is 12.4 Å². The third-order valence-electron chi connectivity index (χ3n) is 5.89. The molecule has 3 aromatic rings. The molecule has 1 aliphatic heterocycles. The number of nitrogens with one attached hydrogen (secondary N) is 1. The first-order chi connectivity index (χ1) is 15.4. The van der Waals surface area contributed by atoms with Crippen LogP contribution in [0.3, 0.4) is 0 Å². The normalized spacial score (nSPS) is 14.6. The third-order valence-corrected chi connectivity index (χ3v) is 6.61. The number of hydrogen-bond acceptors (Lipinski definition) is 3. The number of anilines is 1. The Balaban J connectivity index is 1.38. The molecular weight excluding hydrogens is 445 g/mol. The van der Waals surface area contributed by atoms with Crippen LogP contribution in [0.1, 0.15) is 22.5 Å². The highest BCUT2D eigenvalue weighted by Gasteiger charge is 2.21. The molecule has 1 aromatic heterocycles. The van der Waals surface area contributed by atoms with Gasteiger partial charge in [-0.05, 0) is 43.8 Å². The lowest BCUT2D eigenvalue weighted by Crippen LogP contribution is -2.49. The second kappa shape index (κ2) is 9.98. The number of hydrogen-bond donors (Lipinski definition) is 1. The van der Waals surface area contributed by atoms with Gasteiger partial charge in [-0.2, -0.15) is 5.10 Å². The van der Waals surface area contributed by atoms with Gasteiger partial charge in [-0.1, -0.05) is 48.0 Å². The third kappa shape index (κ3) is 5.11. The summed E-state index contributed by atoms with van der Waals surface area (Å²) < 4.78 is 16.0. The van der Waals surface area contributed by atoms with Crippen molar-refractivity contribution < 1.29 is 4.39 Å². The van der Waals surface area contributed by atoms with Gasteiger partial charge in [0, 0.05) is 43.3 Å². The summed E-state index contributed by atoms with van der Waals surface area (Å²) >= 11 is 11.9. The van der Waals surface area contributed by atoms with E-state index in [1.54, 1.807) is 16.8 Å². The molecule has 1 fully saturated rings. The monoisotopic (exact) mass is 471 g/mol. The molecule has 0 radical (unpaired) electrons. The minimum atomic E-state index is -0.330. The summed E-state index contributed by atoms with van der Waals surface area (Å²) in [5.41, 5.74) is 4.35. The number of rotatable bonds is 5. The lowest BCUT2D eigenvalue weighted by molar-refractivity contribution is 0.177. The van der Waals surface area contributed by atoms with Crippen molar-refractivity contribution in [2.45, 2.75) is 26.9 Å². The molecule has 0 spiro atoms. The molecule has 2 aromatic carbocycles. The molecule has 2 heterocycles. The van der Waals surface area contributed by atoms with Crippen molar-refractivity contribution in [3.05, 3.63) is 81.9 Å². The fourth-order valence-electron chi connectivity index (χ4n) is 4.00. The van der Waals surface area contributed by atoms with Gasteiger partial charge >= 0.3 is 0 Å². The van der Waals surface area contributed by atoms with Gasteiger partial charge in [0.25, 0.3) is 0 Å². The predicted molar refractivity (Wildman–Crippen MR) is 132 cm³/mol. The van der Waals surface area contributed by atoms with Crippen LogP contribution in [-0.4, -0.2) is 50.9 Å². The summed E-state index contributed by atoms with van der Waals surface area (Å²) in [7, 11) is 0. The average molecular weight is 472 g/mol. The number of piperazine rings is 1. The summed E-state index contributed by atoms with van der Waals surface area (Å²) in [4.78, 5) is 4.64. The van der Waals surface area contributed by atoms with Crippen LogP contribution < -0.4 is 5.32 Å². The van der Waals surface area contributed by atoms with Gasteiger partial charge in [0.1, 0.15) is 5.82 Å². The SMILES string of the molecule is Cc1nn(Cc2c(F)cccc2Cl)c(C)c1NC(=S)N1CCN(Cc2ccccc2)CC1. The van der Waals surface area contributed by atoms with Gasteiger partial charge in [-0.25, -0.2) is 4.39 Å². The lowest BCUT2D eigenvalue weighted by Gasteiger charge is -2.36. The number of halogens is 2. The summed E-state index contributed by atoms with van der Waals surface area (Å²) in [6.45, 7) is 8.76. The molecule has 0 amide bonds. The number of thiocarbonyl (C=S) groups is 1. The first-order valence-electron chi connectivity index (χ1n) is 10.7. The lowest BCUT2D eigenvalue weighted by atomic mass is 10.2. The van der Waals surface area contributed by atoms with Crippen molar-refractivity contribution in [3.8, 4) is 0 Å². The maximum atomic E-state index is 14.2. The number of aryl methyl sites for hydroxylation is 1. The second-order valence-corrected chi connectivity index (χ2v) is 8.88. The largest absolute Gasteiger partial charge is 0.346 e. The zero-order valence-electron chi connectivity index (χ0n) is 18.3. The first kappa shape index (κ1) is 22.7. The van der Waals surface area contributed by atoms with Gasteiger partial charge in [-0.15, -0.1) is 0 Å². The molecule has 0 aliphatic carbocycles. The van der Waals surface area contributed by atoms with E-state index < -0.39 is 0 Å². The van der Waals surface area contributed by atoms with E-state index >= 15 is 0 Å². The van der Waals surface area contributed by atoms with Gasteiger partial charge in [0.15, 0.2) is 5.11 Å². The highest BCUT2D eigenvalue weighted by Crippen LogP contribution is 2.25. The number of aromatic nitrogens is 2. The maximum absolute atomic E-state index is 14.2. The molecule has 1 saturated heterocycles. The summed E-state index contributed by atoms with van der Waals surface area (Å²) in [6.07, 6.45) is 0. The van der Waals surface area contributed by atoms with E-state index in [4.69, 9.17) is 23.8 Å². The van der Waals surface area contributed by atoms with E-state index in [0.29, 0.717) is 15.7 Å². The van der Waals surface area contributed by atoms with Crippen molar-refractivity contribution in [3.63, 3.8) is 0 Å². The Bertz CT molecular complexity index is 1070. The molecule has 1 aliphatic rings. The van der Waals surface area contributed by atoms with Crippen molar-refractivity contribution in [1.82, 2.24) is 19.6 Å². The molecular formula is C24H27ClFN5S. The zero-order chi connectivity index (χ0) is 22.7. The fraction of sp³-hybridized carbons (Fsp3) is 0.333. The predicted octanol–water partition coefficient (Wildman–Crippen LogP) is 4.86. The van der Waals surface area contributed by atoms with Crippen LogP contribution in [0.5, 0.6) is 0 Å². The summed E-state index contributed by atoms with van der Waals surface area (Å²) in [6, 6.07) is 15.2. The van der Waals surface area contributed by atoms with Gasteiger partial charge in [-0.3, -0.25) is 9.58 Å². The highest BCUT2D eigenvalue weighted by molar-refractivity contribution is 7.80. The molecule has 0 saturated carbocycles. The van der Waals surface area contributed by atoms with Crippen LogP contribution in [0.25, 0.3) is 0 Å². The second-order valence-electron chi connectivity index (χ2n) is 8.08. The highest BCUT2D eigenvalue weighted by atomic mass is 35.5. The molecule has 1 N–H and O–H groups in total. The summed E-state index contributed by atoms with van der Waals surface area (Å²) in [5, 5.41) is 9.06. The molecule has 0 bridgehead atoms. The van der Waals surface area contributed by atoms with Crippen LogP contribution >= 0.6 is 23.8 Å². The topological polar surface area (TPSA) is 36.3 Å². The minimum Gasteiger partial charge on any atom is -0.346 e. The Labute approximate surface area is 198 Å². The van der Waals surface area contributed by atoms with Crippen LogP contribution in [0.2, 0.25) is 5.02 Å². The Morgan fingerprint density at radius 3 is 2.44 bits per heavy atom. The van der Waals surface area contributed by atoms with Crippen molar-refractivity contribution in [2.24, 2.45) is 0 Å². The van der Waals surface area contributed by atoms with Crippen molar-refractivity contribution in [1.29, 1.82) is 0 Å². The minimum absolute atomic E-state index is 0.269. The van der Waals surface area contributed by atoms with Crippen molar-refractivity contribution in [2.75, 3.05) is 31.5 Å². The molecule has 32 heavy (non-hydrogen) atoms. The van der Waals surface area contributed by atoms with Crippen molar-refractivity contribution >= 4 is 34.6 Å². The van der Waals surface area contributed by atoms with Gasteiger partial charge < -0.3 is 10.2 Å². The molecule has 4 rings (SSSR count). The number of nitrogens with zero attached hydrogens (tertiary/aromatic N) is 4. The smallest absolute Gasteiger partial charge is 0.173 e. The molecule has 0 unspecified atom stereocenters. The molecule has 0 atom stereocenters. The van der Waals surface area contributed by atoms with E-state index in [1.807, 2.05) is 19.9 Å². The van der Waals surface area contributed by atoms with Gasteiger partial charge in [0.2, 0.25) is 0 Å². The number of benzene rings is 2. The first-order valence-corrected chi connectivity index (χ1v) is 11.5. The standard InChI is InChI=1S/C24H27ClFN5S/c1-17-23(18(2)31(28-17)16-20-21(25)9-6-10-22(20)26)27-24(32)30-13-11-29(12-14-30)15-19-7-4-3-5-8-19/h3-10H,11-16H2,1-2H3,(H,27,32). The fourth-order valence-corrected chi connectivity index (χ4v) is 4.51. The van der Waals surface area contributed by atoms with Crippen LogP contribution in [-0.2, 0) is 13.1 Å². The molecule has 168 valence electrons. The molecule has 5 nitrogen and oxygen atoms in total. The Morgan fingerprint density at radius 1 is 1.03 bits per heavy atom. The van der Waals surface area contributed by atoms with E-state index in [0.717, 1.165) is 49.8 Å². The maximum Gasteiger partial charge on any atom is 0.173 e. The van der Waals surface area contributed by atoms with Crippen LogP contribution in [0, 0.1) is 19.7 Å². The van der Waals surface area contributed by atoms with Crippen LogP contribution in [0.4, 0.5) is 10.1 Å². The van der Waals surface area contributed by atoms with E-state index in [1.165, 1.54) is 11.6 Å².